The van der Waals surface area contributed by atoms with Crippen LogP contribution in [0, 0.1) is 13.8 Å². The lowest BCUT2D eigenvalue weighted by Gasteiger charge is -2.19. The summed E-state index contributed by atoms with van der Waals surface area (Å²) < 4.78 is 53.1. The Morgan fingerprint density at radius 3 is 2.50 bits per heavy atom. The molecule has 2 rings (SSSR count). The van der Waals surface area contributed by atoms with E-state index in [0.717, 1.165) is 11.1 Å². The van der Waals surface area contributed by atoms with Crippen LogP contribution in [0.3, 0.4) is 0 Å². The van der Waals surface area contributed by atoms with Gasteiger partial charge >= 0.3 is 6.61 Å². The maximum atomic E-state index is 12.5. The van der Waals surface area contributed by atoms with Gasteiger partial charge in [-0.2, -0.15) is 8.78 Å². The molecule has 0 bridgehead atoms. The summed E-state index contributed by atoms with van der Waals surface area (Å²) in [7, 11) is -3.04. The lowest BCUT2D eigenvalue weighted by Crippen LogP contribution is -2.36. The highest BCUT2D eigenvalue weighted by atomic mass is 32.2. The van der Waals surface area contributed by atoms with Crippen LogP contribution in [0.1, 0.15) is 30.0 Å². The van der Waals surface area contributed by atoms with Crippen LogP contribution in [0.15, 0.2) is 12.1 Å². The largest absolute Gasteiger partial charge is 0.434 e. The van der Waals surface area contributed by atoms with E-state index in [1.165, 1.54) is 0 Å². The van der Waals surface area contributed by atoms with E-state index in [-0.39, 0.29) is 17.5 Å². The Kier molecular flexibility index (Phi) is 5.07. The lowest BCUT2D eigenvalue weighted by molar-refractivity contribution is -0.0505. The fourth-order valence-corrected chi connectivity index (χ4v) is 4.35. The van der Waals surface area contributed by atoms with E-state index in [0.29, 0.717) is 18.5 Å². The third-order valence-electron chi connectivity index (χ3n) is 4.29. The Bertz CT molecular complexity index is 646. The van der Waals surface area contributed by atoms with Crippen molar-refractivity contribution >= 4 is 9.84 Å². The van der Waals surface area contributed by atoms with Gasteiger partial charge in [0, 0.05) is 18.2 Å². The molecule has 1 fully saturated rings. The van der Waals surface area contributed by atoms with Crippen LogP contribution < -0.4 is 10.1 Å². The van der Waals surface area contributed by atoms with Gasteiger partial charge < -0.3 is 10.1 Å². The van der Waals surface area contributed by atoms with E-state index in [9.17, 15) is 17.2 Å². The van der Waals surface area contributed by atoms with Gasteiger partial charge in [0.05, 0.1) is 11.0 Å². The second-order valence-electron chi connectivity index (χ2n) is 5.77. The predicted molar refractivity (Wildman–Crippen MR) is 81.0 cm³/mol. The molecule has 1 N–H and O–H groups in total. The summed E-state index contributed by atoms with van der Waals surface area (Å²) in [5.41, 5.74) is 2.46. The Labute approximate surface area is 129 Å². The standard InChI is InChI=1S/C15H21F2NO3S/c1-9-6-12(14(7-10(9)2)21-15(16)17)8-18-13-4-5-22(19,20)11(13)3/h6-7,11,13,15,18H,4-5,8H2,1-3H3/t11-,13-/m0/s1. The minimum atomic E-state index is -3.04. The summed E-state index contributed by atoms with van der Waals surface area (Å²) in [5, 5.41) is 2.70. The summed E-state index contributed by atoms with van der Waals surface area (Å²) >= 11 is 0. The minimum absolute atomic E-state index is 0.138. The Balaban J connectivity index is 2.14. The van der Waals surface area contributed by atoms with Gasteiger partial charge in [-0.25, -0.2) is 8.42 Å². The average Bonchev–Trinajstić information content (AvgIpc) is 2.67. The van der Waals surface area contributed by atoms with Gasteiger partial charge in [0.25, 0.3) is 0 Å². The van der Waals surface area contributed by atoms with Gasteiger partial charge in [-0.15, -0.1) is 0 Å². The Hall–Kier alpha value is -1.21. The maximum Gasteiger partial charge on any atom is 0.387 e. The SMILES string of the molecule is Cc1cc(CN[C@H]2CCS(=O)(=O)[C@H]2C)c(OC(F)F)cc1C. The van der Waals surface area contributed by atoms with Crippen molar-refractivity contribution in [2.24, 2.45) is 0 Å². The van der Waals surface area contributed by atoms with Crippen molar-refractivity contribution < 1.29 is 21.9 Å². The summed E-state index contributed by atoms with van der Waals surface area (Å²) in [6, 6.07) is 3.23. The molecule has 1 aromatic rings. The molecule has 22 heavy (non-hydrogen) atoms. The fraction of sp³-hybridized carbons (Fsp3) is 0.600. The first-order chi connectivity index (χ1) is 10.2. The number of alkyl halides is 2. The molecule has 2 atom stereocenters. The van der Waals surface area contributed by atoms with Gasteiger partial charge in [-0.05, 0) is 44.4 Å². The Morgan fingerprint density at radius 1 is 1.32 bits per heavy atom. The number of benzene rings is 1. The molecular weight excluding hydrogens is 312 g/mol. The van der Waals surface area contributed by atoms with Crippen LogP contribution >= 0.6 is 0 Å². The smallest absolute Gasteiger partial charge is 0.387 e. The van der Waals surface area contributed by atoms with Gasteiger partial charge in [0.15, 0.2) is 9.84 Å². The molecule has 0 radical (unpaired) electrons. The van der Waals surface area contributed by atoms with E-state index in [4.69, 9.17) is 0 Å². The van der Waals surface area contributed by atoms with Gasteiger partial charge in [0.2, 0.25) is 0 Å². The van der Waals surface area contributed by atoms with E-state index in [2.05, 4.69) is 10.1 Å². The van der Waals surface area contributed by atoms with Crippen LogP contribution in [-0.4, -0.2) is 32.1 Å². The number of hydrogen-bond acceptors (Lipinski definition) is 4. The van der Waals surface area contributed by atoms with E-state index in [1.54, 1.807) is 19.1 Å². The second-order valence-corrected chi connectivity index (χ2v) is 8.25. The topological polar surface area (TPSA) is 55.4 Å². The van der Waals surface area contributed by atoms with Gasteiger partial charge in [-0.3, -0.25) is 0 Å². The van der Waals surface area contributed by atoms with Crippen LogP contribution in [0.2, 0.25) is 0 Å². The van der Waals surface area contributed by atoms with Crippen LogP contribution in [0.5, 0.6) is 5.75 Å². The first-order valence-corrected chi connectivity index (χ1v) is 8.92. The number of ether oxygens (including phenoxy) is 1. The highest BCUT2D eigenvalue weighted by Gasteiger charge is 2.36. The molecule has 0 aliphatic carbocycles. The highest BCUT2D eigenvalue weighted by Crippen LogP contribution is 2.26. The van der Waals surface area contributed by atoms with E-state index in [1.807, 2.05) is 13.8 Å². The zero-order valence-corrected chi connectivity index (χ0v) is 13.7. The van der Waals surface area contributed by atoms with E-state index >= 15 is 0 Å². The first kappa shape index (κ1) is 17.1. The predicted octanol–water partition coefficient (Wildman–Crippen LogP) is 2.57. The molecular formula is C15H21F2NO3S. The van der Waals surface area contributed by atoms with Crippen molar-refractivity contribution in [3.8, 4) is 5.75 Å². The number of rotatable bonds is 5. The molecule has 7 heteroatoms. The maximum absolute atomic E-state index is 12.5. The number of halogens is 2. The number of sulfone groups is 1. The van der Waals surface area contributed by atoms with Gasteiger partial charge in [0.1, 0.15) is 5.75 Å². The Morgan fingerprint density at radius 2 is 1.95 bits per heavy atom. The number of nitrogens with one attached hydrogen (secondary N) is 1. The van der Waals surface area contributed by atoms with Crippen molar-refractivity contribution in [1.29, 1.82) is 0 Å². The fourth-order valence-electron chi connectivity index (χ4n) is 2.66. The molecule has 124 valence electrons. The van der Waals surface area contributed by atoms with E-state index < -0.39 is 21.7 Å². The summed E-state index contributed by atoms with van der Waals surface area (Å²) in [6.45, 7) is 2.82. The zero-order valence-electron chi connectivity index (χ0n) is 12.9. The molecule has 4 nitrogen and oxygen atoms in total. The normalized spacial score (nSPS) is 23.9. The first-order valence-electron chi connectivity index (χ1n) is 7.20. The lowest BCUT2D eigenvalue weighted by atomic mass is 10.0. The summed E-state index contributed by atoms with van der Waals surface area (Å²) in [5.74, 6) is 0.304. The molecule has 1 heterocycles. The molecule has 1 aliphatic rings. The van der Waals surface area contributed by atoms with Crippen molar-refractivity contribution in [2.45, 2.75) is 51.6 Å². The highest BCUT2D eigenvalue weighted by molar-refractivity contribution is 7.92. The third-order valence-corrected chi connectivity index (χ3v) is 6.56. The zero-order chi connectivity index (χ0) is 16.5. The molecule has 1 saturated heterocycles. The molecule has 1 aliphatic heterocycles. The van der Waals surface area contributed by atoms with Crippen molar-refractivity contribution in [3.63, 3.8) is 0 Å². The average molecular weight is 333 g/mol. The monoisotopic (exact) mass is 333 g/mol. The quantitative estimate of drug-likeness (QED) is 0.900. The van der Waals surface area contributed by atoms with Crippen molar-refractivity contribution in [1.82, 2.24) is 5.32 Å². The van der Waals surface area contributed by atoms with Crippen LogP contribution in [0.25, 0.3) is 0 Å². The third kappa shape index (κ3) is 3.76. The molecule has 0 unspecified atom stereocenters. The second kappa shape index (κ2) is 6.50. The molecule has 0 saturated carbocycles. The molecule has 0 amide bonds. The number of aryl methyl sites for hydroxylation is 2. The van der Waals surface area contributed by atoms with Gasteiger partial charge in [-0.1, -0.05) is 6.07 Å². The minimum Gasteiger partial charge on any atom is -0.434 e. The van der Waals surface area contributed by atoms with Crippen molar-refractivity contribution in [2.75, 3.05) is 5.75 Å². The number of hydrogen-bond donors (Lipinski definition) is 1. The molecule has 1 aromatic carbocycles. The summed E-state index contributed by atoms with van der Waals surface area (Å²) in [6.07, 6.45) is 0.541. The summed E-state index contributed by atoms with van der Waals surface area (Å²) in [4.78, 5) is 0. The van der Waals surface area contributed by atoms with Crippen LogP contribution in [-0.2, 0) is 16.4 Å². The molecule has 0 aromatic heterocycles. The van der Waals surface area contributed by atoms with Crippen molar-refractivity contribution in [3.05, 3.63) is 28.8 Å². The van der Waals surface area contributed by atoms with Crippen LogP contribution in [0.4, 0.5) is 8.78 Å². The molecule has 0 spiro atoms.